The van der Waals surface area contributed by atoms with Crippen molar-refractivity contribution >= 4 is 33.1 Å². The van der Waals surface area contributed by atoms with Gasteiger partial charge in [0, 0.05) is 5.02 Å². The van der Waals surface area contributed by atoms with Gasteiger partial charge in [-0.2, -0.15) is 0 Å². The number of hydrogen-bond acceptors (Lipinski definition) is 0. The van der Waals surface area contributed by atoms with Crippen LogP contribution in [-0.4, -0.2) is 0 Å². The number of halogens is 1. The molecule has 0 fully saturated rings. The molecule has 0 aliphatic carbocycles. The molecule has 4 aromatic carbocycles. The Morgan fingerprint density at radius 2 is 1.00 bits per heavy atom. The van der Waals surface area contributed by atoms with Crippen molar-refractivity contribution in [2.45, 2.75) is 0 Å². The van der Waals surface area contributed by atoms with Gasteiger partial charge < -0.3 is 0 Å². The molecule has 21 heavy (non-hydrogen) atoms. The fourth-order valence-corrected chi connectivity index (χ4v) is 2.95. The topological polar surface area (TPSA) is 0 Å². The van der Waals surface area contributed by atoms with E-state index in [-0.39, 0.29) is 0 Å². The molecule has 0 unspecified atom stereocenters. The zero-order valence-electron chi connectivity index (χ0n) is 11.4. The molecule has 0 bridgehead atoms. The molecule has 0 heterocycles. The summed E-state index contributed by atoms with van der Waals surface area (Å²) in [5, 5.41) is 5.71. The third kappa shape index (κ3) is 2.28. The van der Waals surface area contributed by atoms with Gasteiger partial charge in [0.15, 0.2) is 0 Å². The molecule has 0 saturated carbocycles. The molecule has 0 radical (unpaired) electrons. The molecule has 1 heteroatoms. The van der Waals surface area contributed by atoms with E-state index in [1.54, 1.807) is 0 Å². The molecule has 0 amide bonds. The Morgan fingerprint density at radius 3 is 1.76 bits per heavy atom. The highest BCUT2D eigenvalue weighted by Crippen LogP contribution is 2.28. The lowest BCUT2D eigenvalue weighted by atomic mass is 9.99. The minimum absolute atomic E-state index is 0.779. The third-order valence-corrected chi connectivity index (χ3v) is 4.12. The van der Waals surface area contributed by atoms with Crippen molar-refractivity contribution in [1.29, 1.82) is 0 Å². The highest BCUT2D eigenvalue weighted by molar-refractivity contribution is 6.31. The first-order chi connectivity index (χ1) is 10.3. The van der Waals surface area contributed by atoms with E-state index in [9.17, 15) is 0 Å². The number of rotatable bonds is 1. The van der Waals surface area contributed by atoms with Crippen LogP contribution in [0.15, 0.2) is 78.9 Å². The highest BCUT2D eigenvalue weighted by atomic mass is 35.5. The second-order valence-corrected chi connectivity index (χ2v) is 5.70. The summed E-state index contributed by atoms with van der Waals surface area (Å²) >= 11 is 6.04. The molecule has 100 valence electrons. The lowest BCUT2D eigenvalue weighted by molar-refractivity contribution is 1.67. The van der Waals surface area contributed by atoms with Crippen molar-refractivity contribution in [3.63, 3.8) is 0 Å². The molecule has 0 N–H and O–H groups in total. The summed E-state index contributed by atoms with van der Waals surface area (Å²) in [7, 11) is 0. The van der Waals surface area contributed by atoms with Crippen LogP contribution in [0.2, 0.25) is 5.02 Å². The predicted octanol–water partition coefficient (Wildman–Crippen LogP) is 6.31. The van der Waals surface area contributed by atoms with Crippen LogP contribution in [0, 0.1) is 0 Å². The fourth-order valence-electron chi connectivity index (χ4n) is 2.77. The first-order valence-electron chi connectivity index (χ1n) is 6.98. The van der Waals surface area contributed by atoms with E-state index < -0.39 is 0 Å². The van der Waals surface area contributed by atoms with Gasteiger partial charge in [-0.05, 0) is 56.9 Å². The minimum atomic E-state index is 0.779. The standard InChI is InChI=1S/C20H13Cl/c21-20-10-9-18-12-17(7-8-19(18)13-20)16-6-5-14-3-1-2-4-15(14)11-16/h1-13H. The van der Waals surface area contributed by atoms with Crippen molar-refractivity contribution in [3.8, 4) is 11.1 Å². The third-order valence-electron chi connectivity index (χ3n) is 3.89. The second-order valence-electron chi connectivity index (χ2n) is 5.27. The summed E-state index contributed by atoms with van der Waals surface area (Å²) < 4.78 is 0. The summed E-state index contributed by atoms with van der Waals surface area (Å²) in [4.78, 5) is 0. The van der Waals surface area contributed by atoms with Gasteiger partial charge in [-0.1, -0.05) is 66.2 Å². The SMILES string of the molecule is Clc1ccc2cc(-c3ccc4ccccc4c3)ccc2c1. The van der Waals surface area contributed by atoms with Crippen LogP contribution in [0.25, 0.3) is 32.7 Å². The highest BCUT2D eigenvalue weighted by Gasteiger charge is 2.02. The summed E-state index contributed by atoms with van der Waals surface area (Å²) in [6, 6.07) is 27.6. The molecule has 0 spiro atoms. The molecule has 4 rings (SSSR count). The first-order valence-corrected chi connectivity index (χ1v) is 7.36. The molecular weight excluding hydrogens is 276 g/mol. The number of fused-ring (bicyclic) bond motifs is 2. The molecule has 0 aromatic heterocycles. The number of benzene rings is 4. The van der Waals surface area contributed by atoms with Gasteiger partial charge in [0.25, 0.3) is 0 Å². The van der Waals surface area contributed by atoms with E-state index in [0.717, 1.165) is 5.02 Å². The minimum Gasteiger partial charge on any atom is -0.0843 e. The average Bonchev–Trinajstić information content (AvgIpc) is 2.54. The first kappa shape index (κ1) is 12.4. The van der Waals surface area contributed by atoms with E-state index in [0.29, 0.717) is 0 Å². The maximum atomic E-state index is 6.04. The van der Waals surface area contributed by atoms with E-state index >= 15 is 0 Å². The van der Waals surface area contributed by atoms with Crippen molar-refractivity contribution in [2.75, 3.05) is 0 Å². The van der Waals surface area contributed by atoms with Crippen molar-refractivity contribution < 1.29 is 0 Å². The maximum Gasteiger partial charge on any atom is 0.0412 e. The zero-order valence-corrected chi connectivity index (χ0v) is 12.1. The molecule has 0 atom stereocenters. The average molecular weight is 289 g/mol. The predicted molar refractivity (Wildman–Crippen MR) is 91.9 cm³/mol. The van der Waals surface area contributed by atoms with Crippen LogP contribution in [0.5, 0.6) is 0 Å². The van der Waals surface area contributed by atoms with Gasteiger partial charge in [0.1, 0.15) is 0 Å². The molecular formula is C20H13Cl. The largest absolute Gasteiger partial charge is 0.0843 e. The lowest BCUT2D eigenvalue weighted by Gasteiger charge is -2.06. The summed E-state index contributed by atoms with van der Waals surface area (Å²) in [5.74, 6) is 0. The van der Waals surface area contributed by atoms with Gasteiger partial charge in [0.05, 0.1) is 0 Å². The van der Waals surface area contributed by atoms with Crippen molar-refractivity contribution in [3.05, 3.63) is 83.9 Å². The summed E-state index contributed by atoms with van der Waals surface area (Å²) in [5.41, 5.74) is 2.47. The lowest BCUT2D eigenvalue weighted by Crippen LogP contribution is -1.80. The zero-order chi connectivity index (χ0) is 14.2. The molecule has 0 aliphatic rings. The second kappa shape index (κ2) is 4.91. The summed E-state index contributed by atoms with van der Waals surface area (Å²) in [6.45, 7) is 0. The Morgan fingerprint density at radius 1 is 0.476 bits per heavy atom. The van der Waals surface area contributed by atoms with Crippen LogP contribution in [0.3, 0.4) is 0 Å². The van der Waals surface area contributed by atoms with E-state index in [1.807, 2.05) is 12.1 Å². The smallest absolute Gasteiger partial charge is 0.0412 e. The Kier molecular flexibility index (Phi) is 2.90. The van der Waals surface area contributed by atoms with Crippen LogP contribution < -0.4 is 0 Å². The monoisotopic (exact) mass is 288 g/mol. The van der Waals surface area contributed by atoms with Crippen LogP contribution in [-0.2, 0) is 0 Å². The summed E-state index contributed by atoms with van der Waals surface area (Å²) in [6.07, 6.45) is 0. The maximum absolute atomic E-state index is 6.04. The number of hydrogen-bond donors (Lipinski definition) is 0. The van der Waals surface area contributed by atoms with Crippen molar-refractivity contribution in [2.24, 2.45) is 0 Å². The Labute approximate surface area is 128 Å². The van der Waals surface area contributed by atoms with E-state index in [4.69, 9.17) is 11.6 Å². The molecule has 0 saturated heterocycles. The van der Waals surface area contributed by atoms with Crippen molar-refractivity contribution in [1.82, 2.24) is 0 Å². The molecule has 4 aromatic rings. The Bertz CT molecular complexity index is 954. The fraction of sp³-hybridized carbons (Fsp3) is 0. The van der Waals surface area contributed by atoms with Gasteiger partial charge in [-0.25, -0.2) is 0 Å². The van der Waals surface area contributed by atoms with E-state index in [1.165, 1.54) is 32.7 Å². The van der Waals surface area contributed by atoms with Gasteiger partial charge in [-0.3, -0.25) is 0 Å². The van der Waals surface area contributed by atoms with E-state index in [2.05, 4.69) is 66.7 Å². The Balaban J connectivity index is 1.89. The van der Waals surface area contributed by atoms with Gasteiger partial charge >= 0.3 is 0 Å². The molecule has 0 nitrogen and oxygen atoms in total. The Hall–Kier alpha value is -2.31. The van der Waals surface area contributed by atoms with Gasteiger partial charge in [-0.15, -0.1) is 0 Å². The molecule has 0 aliphatic heterocycles. The van der Waals surface area contributed by atoms with Crippen LogP contribution in [0.1, 0.15) is 0 Å². The van der Waals surface area contributed by atoms with Crippen LogP contribution in [0.4, 0.5) is 0 Å². The normalized spacial score (nSPS) is 11.1. The van der Waals surface area contributed by atoms with Crippen LogP contribution >= 0.6 is 11.6 Å². The van der Waals surface area contributed by atoms with Gasteiger partial charge in [0.2, 0.25) is 0 Å². The quantitative estimate of drug-likeness (QED) is 0.385.